The van der Waals surface area contributed by atoms with Crippen molar-refractivity contribution in [1.29, 1.82) is 0 Å². The van der Waals surface area contributed by atoms with Crippen LogP contribution in [-0.4, -0.2) is 44.1 Å². The van der Waals surface area contributed by atoms with Gasteiger partial charge in [0.2, 0.25) is 0 Å². The lowest BCUT2D eigenvalue weighted by molar-refractivity contribution is 0.00294. The number of nitrogens with zero attached hydrogens (tertiary/aromatic N) is 4. The minimum atomic E-state index is -4.01. The van der Waals surface area contributed by atoms with Crippen molar-refractivity contribution < 1.29 is 17.9 Å². The van der Waals surface area contributed by atoms with Crippen LogP contribution in [0.15, 0.2) is 66.5 Å². The Labute approximate surface area is 225 Å². The largest absolute Gasteiger partial charge is 0.389 e. The number of aryl methyl sites for hydroxylation is 1. The van der Waals surface area contributed by atoms with Crippen molar-refractivity contribution >= 4 is 38.5 Å². The second kappa shape index (κ2) is 10.1. The molecule has 0 bridgehead atoms. The first kappa shape index (κ1) is 26.3. The number of halogens is 2. The number of fused-ring (bicyclic) bond motifs is 1. The van der Waals surface area contributed by atoms with Gasteiger partial charge in [0.15, 0.2) is 23.1 Å². The number of benzene rings is 1. The average molecular weight is 556 g/mol. The average Bonchev–Trinajstić information content (AvgIpc) is 3.25. The summed E-state index contributed by atoms with van der Waals surface area (Å²) < 4.78 is 42.9. The van der Waals surface area contributed by atoms with E-state index in [2.05, 4.69) is 26.8 Å². The molecule has 1 unspecified atom stereocenters. The van der Waals surface area contributed by atoms with E-state index in [1.165, 1.54) is 24.5 Å². The third kappa shape index (κ3) is 5.03. The van der Waals surface area contributed by atoms with Gasteiger partial charge in [0, 0.05) is 29.4 Å². The van der Waals surface area contributed by atoms with E-state index < -0.39 is 21.4 Å². The molecule has 1 saturated carbocycles. The summed E-state index contributed by atoms with van der Waals surface area (Å²) >= 11 is 6.21. The molecule has 3 aromatic heterocycles. The Hall–Kier alpha value is -3.34. The number of nitrogens with one attached hydrogen (secondary N) is 1. The van der Waals surface area contributed by atoms with Gasteiger partial charge in [0.05, 0.1) is 21.7 Å². The predicted octanol–water partition coefficient (Wildman–Crippen LogP) is 5.49. The van der Waals surface area contributed by atoms with Crippen LogP contribution in [0.25, 0.3) is 22.4 Å². The van der Waals surface area contributed by atoms with Crippen molar-refractivity contribution in [1.82, 2.24) is 18.9 Å². The standard InChI is InChI=1S/C27H27ClFN5O3S/c1-3-10-27(35)11-4-5-19(13-27)32-25-23(29)15-30-24(33-25)22-16-34(26-21(22)12-18(28)14-31-26)38(36,37)20-8-6-17(2)7-9-20/h3,6-9,12,14-16,19,35H,1,4-5,10-11,13H2,2H3,(H,30,32,33)/t19-,27?/m0/s1. The molecule has 4 aromatic rings. The number of rotatable bonds is 7. The molecule has 3 heterocycles. The lowest BCUT2D eigenvalue weighted by Gasteiger charge is -2.36. The van der Waals surface area contributed by atoms with E-state index in [1.54, 1.807) is 24.3 Å². The van der Waals surface area contributed by atoms with E-state index >= 15 is 0 Å². The highest BCUT2D eigenvalue weighted by Crippen LogP contribution is 2.35. The number of hydrogen-bond donors (Lipinski definition) is 2. The van der Waals surface area contributed by atoms with Crippen molar-refractivity contribution in [3.05, 3.63) is 78.0 Å². The van der Waals surface area contributed by atoms with Crippen molar-refractivity contribution in [3.8, 4) is 11.4 Å². The first-order valence-electron chi connectivity index (χ1n) is 12.2. The van der Waals surface area contributed by atoms with Gasteiger partial charge in [-0.25, -0.2) is 31.7 Å². The van der Waals surface area contributed by atoms with E-state index in [9.17, 15) is 17.9 Å². The molecule has 5 rings (SSSR count). The first-order chi connectivity index (χ1) is 18.1. The van der Waals surface area contributed by atoms with Crippen LogP contribution in [0.3, 0.4) is 0 Å². The fraction of sp³-hybridized carbons (Fsp3) is 0.296. The molecule has 0 amide bonds. The monoisotopic (exact) mass is 555 g/mol. The van der Waals surface area contributed by atoms with Gasteiger partial charge in [-0.05, 0) is 57.2 Å². The molecular weight excluding hydrogens is 529 g/mol. The van der Waals surface area contributed by atoms with Crippen molar-refractivity contribution in [2.75, 3.05) is 5.32 Å². The number of aliphatic hydroxyl groups is 1. The van der Waals surface area contributed by atoms with Gasteiger partial charge < -0.3 is 10.4 Å². The molecule has 0 aliphatic heterocycles. The lowest BCUT2D eigenvalue weighted by Crippen LogP contribution is -2.40. The molecule has 1 aliphatic carbocycles. The van der Waals surface area contributed by atoms with Crippen LogP contribution in [0.2, 0.25) is 5.02 Å². The number of pyridine rings is 1. The second-order valence-electron chi connectivity index (χ2n) is 9.73. The van der Waals surface area contributed by atoms with E-state index in [4.69, 9.17) is 11.6 Å². The summed E-state index contributed by atoms with van der Waals surface area (Å²) in [5, 5.41) is 14.7. The minimum absolute atomic E-state index is 0.0277. The summed E-state index contributed by atoms with van der Waals surface area (Å²) in [4.78, 5) is 12.9. The molecule has 8 nitrogen and oxygen atoms in total. The molecule has 2 N–H and O–H groups in total. The Balaban J connectivity index is 1.56. The van der Waals surface area contributed by atoms with Gasteiger partial charge in [0.1, 0.15) is 0 Å². The van der Waals surface area contributed by atoms with Crippen LogP contribution in [0.4, 0.5) is 10.2 Å². The molecule has 1 aromatic carbocycles. The zero-order valence-corrected chi connectivity index (χ0v) is 22.3. The Kier molecular flexibility index (Phi) is 6.97. The number of anilines is 1. The highest BCUT2D eigenvalue weighted by atomic mass is 35.5. The van der Waals surface area contributed by atoms with Gasteiger partial charge in [-0.15, -0.1) is 6.58 Å². The number of aromatic nitrogens is 4. The molecule has 0 saturated heterocycles. The van der Waals surface area contributed by atoms with Crippen LogP contribution in [-0.2, 0) is 10.0 Å². The quantitative estimate of drug-likeness (QED) is 0.290. The lowest BCUT2D eigenvalue weighted by atomic mass is 9.80. The normalized spacial score (nSPS) is 19.9. The maximum atomic E-state index is 14.8. The predicted molar refractivity (Wildman–Crippen MR) is 145 cm³/mol. The fourth-order valence-corrected chi connectivity index (χ4v) is 6.43. The Morgan fingerprint density at radius 2 is 2.05 bits per heavy atom. The zero-order chi connectivity index (χ0) is 27.1. The molecule has 1 fully saturated rings. The molecule has 0 radical (unpaired) electrons. The highest BCUT2D eigenvalue weighted by molar-refractivity contribution is 7.90. The summed E-state index contributed by atoms with van der Waals surface area (Å²) in [6.07, 6.45) is 8.51. The molecule has 1 aliphatic rings. The van der Waals surface area contributed by atoms with Crippen molar-refractivity contribution in [2.45, 2.75) is 55.6 Å². The molecule has 11 heteroatoms. The third-order valence-electron chi connectivity index (χ3n) is 6.83. The van der Waals surface area contributed by atoms with Gasteiger partial charge in [-0.3, -0.25) is 0 Å². The van der Waals surface area contributed by atoms with E-state index in [1.807, 2.05) is 6.92 Å². The maximum Gasteiger partial charge on any atom is 0.269 e. The van der Waals surface area contributed by atoms with Gasteiger partial charge >= 0.3 is 0 Å². The van der Waals surface area contributed by atoms with E-state index in [0.29, 0.717) is 35.2 Å². The van der Waals surface area contributed by atoms with Gasteiger partial charge in [0.25, 0.3) is 10.0 Å². The summed E-state index contributed by atoms with van der Waals surface area (Å²) in [6, 6.07) is 7.86. The van der Waals surface area contributed by atoms with Crippen molar-refractivity contribution in [3.63, 3.8) is 0 Å². The molecule has 0 spiro atoms. The summed E-state index contributed by atoms with van der Waals surface area (Å²) in [5.41, 5.74) is 0.506. The minimum Gasteiger partial charge on any atom is -0.389 e. The Morgan fingerprint density at radius 3 is 2.79 bits per heavy atom. The van der Waals surface area contributed by atoms with Crippen LogP contribution in [0.5, 0.6) is 0 Å². The summed E-state index contributed by atoms with van der Waals surface area (Å²) in [7, 11) is -4.01. The fourth-order valence-electron chi connectivity index (χ4n) is 4.95. The van der Waals surface area contributed by atoms with E-state index in [-0.39, 0.29) is 28.2 Å². The summed E-state index contributed by atoms with van der Waals surface area (Å²) in [5.74, 6) is -0.572. The first-order valence-corrected chi connectivity index (χ1v) is 14.0. The topological polar surface area (TPSA) is 110 Å². The van der Waals surface area contributed by atoms with Crippen LogP contribution >= 0.6 is 11.6 Å². The van der Waals surface area contributed by atoms with Gasteiger partial charge in [-0.1, -0.05) is 35.4 Å². The maximum absolute atomic E-state index is 14.8. The SMILES string of the molecule is C=CCC1(O)CCC[C@H](Nc2nc(-c3cn(S(=O)(=O)c4ccc(C)cc4)c4ncc(Cl)cc34)ncc2F)C1. The van der Waals surface area contributed by atoms with Crippen molar-refractivity contribution in [2.24, 2.45) is 0 Å². The van der Waals surface area contributed by atoms with Crippen LogP contribution in [0, 0.1) is 12.7 Å². The van der Waals surface area contributed by atoms with Gasteiger partial charge in [-0.2, -0.15) is 0 Å². The Bertz CT molecular complexity index is 1620. The second-order valence-corrected chi connectivity index (χ2v) is 12.0. The van der Waals surface area contributed by atoms with Crippen LogP contribution < -0.4 is 5.32 Å². The van der Waals surface area contributed by atoms with E-state index in [0.717, 1.165) is 28.6 Å². The Morgan fingerprint density at radius 1 is 1.29 bits per heavy atom. The number of hydrogen-bond acceptors (Lipinski definition) is 7. The zero-order valence-electron chi connectivity index (χ0n) is 20.7. The highest BCUT2D eigenvalue weighted by Gasteiger charge is 2.34. The smallest absolute Gasteiger partial charge is 0.269 e. The van der Waals surface area contributed by atoms with Crippen LogP contribution in [0.1, 0.15) is 37.7 Å². The third-order valence-corrected chi connectivity index (χ3v) is 8.70. The molecule has 198 valence electrons. The molecular formula is C27H27ClFN5O3S. The summed E-state index contributed by atoms with van der Waals surface area (Å²) in [6.45, 7) is 5.59. The molecule has 2 atom stereocenters. The molecule has 38 heavy (non-hydrogen) atoms.